The van der Waals surface area contributed by atoms with Crippen LogP contribution >= 0.6 is 0 Å². The lowest BCUT2D eigenvalue weighted by Gasteiger charge is -2.38. The number of amides is 1. The quantitative estimate of drug-likeness (QED) is 0.819. The number of carbonyl (C=O) groups is 1. The van der Waals surface area contributed by atoms with Crippen LogP contribution in [-0.2, 0) is 4.79 Å². The van der Waals surface area contributed by atoms with E-state index in [1.54, 1.807) is 6.33 Å². The molecule has 1 aromatic carbocycles. The first-order chi connectivity index (χ1) is 14.6. The number of aromatic nitrogens is 2. The number of anilines is 2. The number of nitrogens with zero attached hydrogens (tertiary/aromatic N) is 5. The molecule has 1 N–H and O–H groups in total. The van der Waals surface area contributed by atoms with E-state index in [-0.39, 0.29) is 17.9 Å². The van der Waals surface area contributed by atoms with E-state index in [4.69, 9.17) is 0 Å². The Labute approximate surface area is 179 Å². The first kappa shape index (κ1) is 20.6. The normalized spacial score (nSPS) is 19.5. The van der Waals surface area contributed by atoms with Gasteiger partial charge in [0, 0.05) is 45.2 Å². The van der Waals surface area contributed by atoms with E-state index in [1.807, 2.05) is 31.3 Å². The molecule has 0 unspecified atom stereocenters. The maximum Gasteiger partial charge on any atom is 0.223 e. The van der Waals surface area contributed by atoms with Crippen LogP contribution in [0.3, 0.4) is 0 Å². The Kier molecular flexibility index (Phi) is 6.47. The van der Waals surface area contributed by atoms with Crippen molar-refractivity contribution in [2.24, 2.45) is 5.92 Å². The zero-order valence-electron chi connectivity index (χ0n) is 18.0. The monoisotopic (exact) mass is 408 g/mol. The summed E-state index contributed by atoms with van der Waals surface area (Å²) in [5.41, 5.74) is 2.24. The van der Waals surface area contributed by atoms with Crippen molar-refractivity contribution < 1.29 is 4.79 Å². The summed E-state index contributed by atoms with van der Waals surface area (Å²) in [7, 11) is 2.16. The summed E-state index contributed by atoms with van der Waals surface area (Å²) in [6.45, 7) is 7.81. The highest BCUT2D eigenvalue weighted by Crippen LogP contribution is 2.30. The van der Waals surface area contributed by atoms with Gasteiger partial charge >= 0.3 is 0 Å². The summed E-state index contributed by atoms with van der Waals surface area (Å²) in [6.07, 6.45) is 5.27. The van der Waals surface area contributed by atoms with Crippen molar-refractivity contribution in [3.05, 3.63) is 48.4 Å². The van der Waals surface area contributed by atoms with Gasteiger partial charge in [0.1, 0.15) is 6.33 Å². The summed E-state index contributed by atoms with van der Waals surface area (Å²) >= 11 is 0. The number of rotatable bonds is 5. The number of nitrogens with one attached hydrogen (secondary N) is 1. The average Bonchev–Trinajstić information content (AvgIpc) is 2.80. The largest absolute Gasteiger partial charge is 0.367 e. The molecule has 7 heteroatoms. The van der Waals surface area contributed by atoms with Gasteiger partial charge in [0.25, 0.3) is 0 Å². The van der Waals surface area contributed by atoms with Crippen LogP contribution in [0, 0.1) is 5.92 Å². The van der Waals surface area contributed by atoms with Gasteiger partial charge in [0.05, 0.1) is 17.9 Å². The molecule has 30 heavy (non-hydrogen) atoms. The lowest BCUT2D eigenvalue weighted by molar-refractivity contribution is -0.126. The number of piperidine rings is 1. The lowest BCUT2D eigenvalue weighted by Crippen LogP contribution is -2.46. The van der Waals surface area contributed by atoms with Gasteiger partial charge in [-0.15, -0.1) is 0 Å². The molecule has 0 saturated carbocycles. The summed E-state index contributed by atoms with van der Waals surface area (Å²) in [5.74, 6) is 1.25. The van der Waals surface area contributed by atoms with E-state index >= 15 is 0 Å². The number of piperazine rings is 1. The molecule has 160 valence electrons. The molecule has 1 amide bonds. The highest BCUT2D eigenvalue weighted by atomic mass is 16.1. The highest BCUT2D eigenvalue weighted by molar-refractivity contribution is 5.79. The van der Waals surface area contributed by atoms with Crippen molar-refractivity contribution in [2.75, 3.05) is 56.1 Å². The second kappa shape index (κ2) is 9.43. The Hall–Kier alpha value is -2.67. The molecule has 0 aliphatic carbocycles. The van der Waals surface area contributed by atoms with E-state index in [2.05, 4.69) is 49.2 Å². The van der Waals surface area contributed by atoms with Gasteiger partial charge in [0.15, 0.2) is 5.82 Å². The van der Waals surface area contributed by atoms with Crippen LogP contribution in [0.2, 0.25) is 0 Å². The van der Waals surface area contributed by atoms with Crippen LogP contribution in [0.4, 0.5) is 11.5 Å². The number of hydrogen-bond donors (Lipinski definition) is 1. The smallest absolute Gasteiger partial charge is 0.223 e. The van der Waals surface area contributed by atoms with Crippen LogP contribution in [-0.4, -0.2) is 67.1 Å². The standard InChI is InChI=1S/C23H32N6O/c1-18(19-6-4-3-5-7-19)26-23(30)20-8-10-28(11-9-20)21-16-24-17-25-22(21)29-14-12-27(2)13-15-29/h3-7,16-18,20H,8-15H2,1-2H3,(H,26,30)/t18-/m1/s1. The summed E-state index contributed by atoms with van der Waals surface area (Å²) in [6, 6.07) is 10.2. The molecular weight excluding hydrogens is 376 g/mol. The van der Waals surface area contributed by atoms with Gasteiger partial charge in [-0.25, -0.2) is 9.97 Å². The zero-order chi connectivity index (χ0) is 20.9. The second-order valence-electron chi connectivity index (χ2n) is 8.42. The van der Waals surface area contributed by atoms with E-state index in [0.29, 0.717) is 0 Å². The van der Waals surface area contributed by atoms with Gasteiger partial charge < -0.3 is 20.0 Å². The number of benzene rings is 1. The molecule has 2 fully saturated rings. The minimum Gasteiger partial charge on any atom is -0.367 e. The molecule has 2 saturated heterocycles. The van der Waals surface area contributed by atoms with Gasteiger partial charge in [-0.2, -0.15) is 0 Å². The molecule has 4 rings (SSSR count). The van der Waals surface area contributed by atoms with Crippen molar-refractivity contribution in [1.29, 1.82) is 0 Å². The van der Waals surface area contributed by atoms with E-state index < -0.39 is 0 Å². The lowest BCUT2D eigenvalue weighted by atomic mass is 9.95. The maximum absolute atomic E-state index is 12.8. The molecule has 2 aliphatic rings. The minimum absolute atomic E-state index is 0.0306. The van der Waals surface area contributed by atoms with E-state index in [1.165, 1.54) is 0 Å². The molecule has 7 nitrogen and oxygen atoms in total. The third kappa shape index (κ3) is 4.73. The van der Waals surface area contributed by atoms with Crippen molar-refractivity contribution >= 4 is 17.4 Å². The summed E-state index contributed by atoms with van der Waals surface area (Å²) in [5, 5.41) is 3.19. The van der Waals surface area contributed by atoms with Crippen LogP contribution in [0.15, 0.2) is 42.9 Å². The maximum atomic E-state index is 12.8. The Morgan fingerprint density at radius 2 is 1.73 bits per heavy atom. The first-order valence-electron chi connectivity index (χ1n) is 11.0. The molecule has 0 radical (unpaired) electrons. The molecule has 1 atom stereocenters. The molecule has 2 aliphatic heterocycles. The fourth-order valence-electron chi connectivity index (χ4n) is 4.34. The van der Waals surface area contributed by atoms with E-state index in [9.17, 15) is 4.79 Å². The predicted molar refractivity (Wildman–Crippen MR) is 120 cm³/mol. The molecule has 0 bridgehead atoms. The Bertz CT molecular complexity index is 829. The fourth-order valence-corrected chi connectivity index (χ4v) is 4.34. The topological polar surface area (TPSA) is 64.6 Å². The zero-order valence-corrected chi connectivity index (χ0v) is 18.0. The van der Waals surface area contributed by atoms with Gasteiger partial charge in [-0.1, -0.05) is 30.3 Å². The van der Waals surface area contributed by atoms with Crippen molar-refractivity contribution in [2.45, 2.75) is 25.8 Å². The summed E-state index contributed by atoms with van der Waals surface area (Å²) in [4.78, 5) is 28.7. The van der Waals surface area contributed by atoms with Crippen molar-refractivity contribution in [3.63, 3.8) is 0 Å². The molecule has 1 aromatic heterocycles. The first-order valence-corrected chi connectivity index (χ1v) is 11.0. The Morgan fingerprint density at radius 1 is 1.03 bits per heavy atom. The number of hydrogen-bond acceptors (Lipinski definition) is 6. The second-order valence-corrected chi connectivity index (χ2v) is 8.42. The fraction of sp³-hybridized carbons (Fsp3) is 0.522. The van der Waals surface area contributed by atoms with Gasteiger partial charge in [-0.3, -0.25) is 4.79 Å². The van der Waals surface area contributed by atoms with Gasteiger partial charge in [0.2, 0.25) is 5.91 Å². The van der Waals surface area contributed by atoms with Crippen LogP contribution in [0.25, 0.3) is 0 Å². The Morgan fingerprint density at radius 3 is 2.43 bits per heavy atom. The van der Waals surface area contributed by atoms with Crippen LogP contribution in [0.1, 0.15) is 31.4 Å². The summed E-state index contributed by atoms with van der Waals surface area (Å²) < 4.78 is 0. The average molecular weight is 409 g/mol. The number of likely N-dealkylation sites (N-methyl/N-ethyl adjacent to an activating group) is 1. The predicted octanol–water partition coefficient (Wildman–Crippen LogP) is 2.32. The highest BCUT2D eigenvalue weighted by Gasteiger charge is 2.28. The molecule has 2 aromatic rings. The van der Waals surface area contributed by atoms with Crippen LogP contribution < -0.4 is 15.1 Å². The minimum atomic E-state index is 0.0306. The molecular formula is C23H32N6O. The third-order valence-electron chi connectivity index (χ3n) is 6.34. The Balaban J connectivity index is 1.35. The molecule has 3 heterocycles. The SMILES string of the molecule is C[C@@H](NC(=O)C1CCN(c2cncnc2N2CCN(C)CC2)CC1)c1ccccc1. The van der Waals surface area contributed by atoms with Crippen LogP contribution in [0.5, 0.6) is 0 Å². The number of carbonyl (C=O) groups excluding carboxylic acids is 1. The van der Waals surface area contributed by atoms with Crippen molar-refractivity contribution in [3.8, 4) is 0 Å². The van der Waals surface area contributed by atoms with Gasteiger partial charge in [-0.05, 0) is 32.4 Å². The third-order valence-corrected chi connectivity index (χ3v) is 6.34. The van der Waals surface area contributed by atoms with Crippen molar-refractivity contribution in [1.82, 2.24) is 20.2 Å². The molecule has 0 spiro atoms. The van der Waals surface area contributed by atoms with E-state index in [0.717, 1.165) is 69.2 Å².